The van der Waals surface area contributed by atoms with Crippen molar-refractivity contribution in [2.45, 2.75) is 5.88 Å². The number of halogens is 2. The quantitative estimate of drug-likeness (QED) is 0.757. The van der Waals surface area contributed by atoms with Gasteiger partial charge in [0.2, 0.25) is 0 Å². The topological polar surface area (TPSA) is 33.0 Å². The Morgan fingerprint density at radius 3 is 2.50 bits per heavy atom. The van der Waals surface area contributed by atoms with Gasteiger partial charge in [0.05, 0.1) is 17.5 Å². The number of nitriles is 1. The number of nitrogens with zero attached hydrogens (tertiary/aromatic N) is 1. The average molecular weight is 323 g/mol. The van der Waals surface area contributed by atoms with Crippen LogP contribution < -0.4 is 4.74 Å². The molecule has 0 heterocycles. The summed E-state index contributed by atoms with van der Waals surface area (Å²) in [5.41, 5.74) is 1.52. The number of alkyl halides is 1. The second kappa shape index (κ2) is 5.90. The minimum atomic E-state index is 0.380. The summed E-state index contributed by atoms with van der Waals surface area (Å²) >= 11 is 9.27. The standard InChI is InChI=1S/C14H9BrClNO/c15-12-3-6-14(11(7-12)8-16)18-13-4-1-10(9-17)2-5-13/h1-7H,8H2. The van der Waals surface area contributed by atoms with Crippen molar-refractivity contribution in [1.82, 2.24) is 0 Å². The molecule has 0 aromatic heterocycles. The van der Waals surface area contributed by atoms with Crippen LogP contribution in [0.25, 0.3) is 0 Å². The maximum atomic E-state index is 8.72. The summed E-state index contributed by atoms with van der Waals surface area (Å²) in [4.78, 5) is 0. The van der Waals surface area contributed by atoms with Gasteiger partial charge in [-0.25, -0.2) is 0 Å². The Morgan fingerprint density at radius 1 is 1.17 bits per heavy atom. The lowest BCUT2D eigenvalue weighted by atomic mass is 10.2. The summed E-state index contributed by atoms with van der Waals surface area (Å²) in [6.45, 7) is 0. The molecule has 0 atom stereocenters. The molecule has 2 aromatic rings. The molecule has 0 aliphatic carbocycles. The lowest BCUT2D eigenvalue weighted by Gasteiger charge is -2.09. The van der Waals surface area contributed by atoms with Gasteiger partial charge in [-0.1, -0.05) is 15.9 Å². The molecule has 0 amide bonds. The Balaban J connectivity index is 2.25. The van der Waals surface area contributed by atoms with Crippen LogP contribution in [0.4, 0.5) is 0 Å². The molecular formula is C14H9BrClNO. The second-order valence-corrected chi connectivity index (χ2v) is 4.81. The molecule has 2 nitrogen and oxygen atoms in total. The Morgan fingerprint density at radius 2 is 1.89 bits per heavy atom. The molecule has 0 unspecified atom stereocenters. The Kier molecular flexibility index (Phi) is 4.24. The maximum Gasteiger partial charge on any atom is 0.131 e. The number of benzene rings is 2. The normalized spacial score (nSPS) is 9.83. The van der Waals surface area contributed by atoms with Gasteiger partial charge in [0.25, 0.3) is 0 Å². The summed E-state index contributed by atoms with van der Waals surface area (Å²) in [5, 5.41) is 8.72. The minimum absolute atomic E-state index is 0.380. The summed E-state index contributed by atoms with van der Waals surface area (Å²) in [6, 6.07) is 14.7. The van der Waals surface area contributed by atoms with E-state index < -0.39 is 0 Å². The Hall–Kier alpha value is -1.50. The van der Waals surface area contributed by atoms with E-state index in [0.29, 0.717) is 17.2 Å². The van der Waals surface area contributed by atoms with Crippen molar-refractivity contribution in [3.8, 4) is 17.6 Å². The Bertz CT molecular complexity index is 590. The van der Waals surface area contributed by atoms with Crippen LogP contribution in [-0.2, 0) is 5.88 Å². The van der Waals surface area contributed by atoms with Crippen LogP contribution in [0.2, 0.25) is 0 Å². The van der Waals surface area contributed by atoms with Crippen LogP contribution >= 0.6 is 27.5 Å². The monoisotopic (exact) mass is 321 g/mol. The lowest BCUT2D eigenvalue weighted by Crippen LogP contribution is -1.89. The third-order valence-corrected chi connectivity index (χ3v) is 3.16. The molecule has 4 heteroatoms. The smallest absolute Gasteiger partial charge is 0.131 e. The van der Waals surface area contributed by atoms with E-state index in [1.807, 2.05) is 18.2 Å². The first-order valence-corrected chi connectivity index (χ1v) is 6.58. The van der Waals surface area contributed by atoms with Crippen LogP contribution in [0.3, 0.4) is 0 Å². The van der Waals surface area contributed by atoms with Gasteiger partial charge in [-0.2, -0.15) is 5.26 Å². The summed E-state index contributed by atoms with van der Waals surface area (Å²) in [6.07, 6.45) is 0. The van der Waals surface area contributed by atoms with Gasteiger partial charge in [0, 0.05) is 10.0 Å². The summed E-state index contributed by atoms with van der Waals surface area (Å²) in [5.74, 6) is 1.78. The fraction of sp³-hybridized carbons (Fsp3) is 0.0714. The SMILES string of the molecule is N#Cc1ccc(Oc2ccc(Br)cc2CCl)cc1. The van der Waals surface area contributed by atoms with Crippen molar-refractivity contribution < 1.29 is 4.74 Å². The van der Waals surface area contributed by atoms with Crippen molar-refractivity contribution in [3.63, 3.8) is 0 Å². The van der Waals surface area contributed by atoms with Crippen molar-refractivity contribution in [3.05, 3.63) is 58.1 Å². The van der Waals surface area contributed by atoms with E-state index in [9.17, 15) is 0 Å². The van der Waals surface area contributed by atoms with E-state index in [0.717, 1.165) is 15.8 Å². The van der Waals surface area contributed by atoms with Gasteiger partial charge in [-0.05, 0) is 42.5 Å². The zero-order valence-corrected chi connectivity index (χ0v) is 11.7. The first kappa shape index (κ1) is 12.9. The molecule has 0 bridgehead atoms. The fourth-order valence-corrected chi connectivity index (χ4v) is 2.09. The molecule has 0 radical (unpaired) electrons. The molecule has 2 rings (SSSR count). The van der Waals surface area contributed by atoms with Crippen molar-refractivity contribution >= 4 is 27.5 Å². The van der Waals surface area contributed by atoms with E-state index in [2.05, 4.69) is 22.0 Å². The maximum absolute atomic E-state index is 8.72. The number of hydrogen-bond acceptors (Lipinski definition) is 2. The molecule has 0 fully saturated rings. The van der Waals surface area contributed by atoms with Crippen molar-refractivity contribution in [2.75, 3.05) is 0 Å². The summed E-state index contributed by atoms with van der Waals surface area (Å²) < 4.78 is 6.70. The average Bonchev–Trinajstić information content (AvgIpc) is 2.41. The zero-order valence-electron chi connectivity index (χ0n) is 9.36. The van der Waals surface area contributed by atoms with Gasteiger partial charge in [-0.3, -0.25) is 0 Å². The molecule has 0 saturated carbocycles. The van der Waals surface area contributed by atoms with Gasteiger partial charge in [0.15, 0.2) is 0 Å². The first-order chi connectivity index (χ1) is 8.72. The minimum Gasteiger partial charge on any atom is -0.457 e. The molecule has 0 saturated heterocycles. The molecule has 18 heavy (non-hydrogen) atoms. The van der Waals surface area contributed by atoms with Gasteiger partial charge in [-0.15, -0.1) is 11.6 Å². The van der Waals surface area contributed by atoms with Crippen molar-refractivity contribution in [2.24, 2.45) is 0 Å². The summed E-state index contributed by atoms with van der Waals surface area (Å²) in [7, 11) is 0. The van der Waals surface area contributed by atoms with Crippen LogP contribution in [-0.4, -0.2) is 0 Å². The third kappa shape index (κ3) is 3.04. The van der Waals surface area contributed by atoms with Crippen LogP contribution in [0, 0.1) is 11.3 Å². The van der Waals surface area contributed by atoms with Crippen molar-refractivity contribution in [1.29, 1.82) is 5.26 Å². The second-order valence-electron chi connectivity index (χ2n) is 3.62. The van der Waals surface area contributed by atoms with E-state index in [1.54, 1.807) is 24.3 Å². The highest BCUT2D eigenvalue weighted by atomic mass is 79.9. The zero-order chi connectivity index (χ0) is 13.0. The predicted molar refractivity (Wildman–Crippen MR) is 74.9 cm³/mol. The Labute approximate surface area is 119 Å². The number of hydrogen-bond donors (Lipinski definition) is 0. The predicted octanol–water partition coefficient (Wildman–Crippen LogP) is 4.85. The largest absolute Gasteiger partial charge is 0.457 e. The molecule has 0 aliphatic heterocycles. The highest BCUT2D eigenvalue weighted by molar-refractivity contribution is 9.10. The number of rotatable bonds is 3. The van der Waals surface area contributed by atoms with E-state index in [-0.39, 0.29) is 0 Å². The molecule has 0 N–H and O–H groups in total. The third-order valence-electron chi connectivity index (χ3n) is 2.38. The number of ether oxygens (including phenoxy) is 1. The van der Waals surface area contributed by atoms with E-state index >= 15 is 0 Å². The molecular weight excluding hydrogens is 314 g/mol. The highest BCUT2D eigenvalue weighted by Gasteiger charge is 2.05. The van der Waals surface area contributed by atoms with Crippen LogP contribution in [0.15, 0.2) is 46.9 Å². The van der Waals surface area contributed by atoms with Gasteiger partial charge in [0.1, 0.15) is 11.5 Å². The lowest BCUT2D eigenvalue weighted by molar-refractivity contribution is 0.478. The van der Waals surface area contributed by atoms with Crippen LogP contribution in [0.1, 0.15) is 11.1 Å². The van der Waals surface area contributed by atoms with Gasteiger partial charge < -0.3 is 4.74 Å². The van der Waals surface area contributed by atoms with Gasteiger partial charge >= 0.3 is 0 Å². The van der Waals surface area contributed by atoms with E-state index in [1.165, 1.54) is 0 Å². The molecule has 0 aliphatic rings. The van der Waals surface area contributed by atoms with E-state index in [4.69, 9.17) is 21.6 Å². The molecule has 90 valence electrons. The molecule has 2 aromatic carbocycles. The molecule has 0 spiro atoms. The fourth-order valence-electron chi connectivity index (χ4n) is 1.48. The highest BCUT2D eigenvalue weighted by Crippen LogP contribution is 2.29. The van der Waals surface area contributed by atoms with Crippen LogP contribution in [0.5, 0.6) is 11.5 Å². The first-order valence-electron chi connectivity index (χ1n) is 5.25.